The first-order valence-corrected chi connectivity index (χ1v) is 14.7. The largest absolute Gasteiger partial charge is 0.344 e. The average Bonchev–Trinajstić information content (AvgIpc) is 3.32. The molecule has 1 heterocycles. The maximum atomic E-state index is 2.70. The molecule has 0 saturated heterocycles. The van der Waals surface area contributed by atoms with Gasteiger partial charge in [0, 0.05) is 29.1 Å². The number of para-hydroxylation sites is 1. The Labute approximate surface area is 214 Å². The minimum atomic E-state index is 0.277. The molecule has 35 heavy (non-hydrogen) atoms. The zero-order valence-corrected chi connectivity index (χ0v) is 23.1. The van der Waals surface area contributed by atoms with Gasteiger partial charge in [-0.3, -0.25) is 0 Å². The predicted molar refractivity (Wildman–Crippen MR) is 150 cm³/mol. The summed E-state index contributed by atoms with van der Waals surface area (Å²) in [5.41, 5.74) is 6.84. The number of allylic oxidation sites excluding steroid dienone is 3. The van der Waals surface area contributed by atoms with Crippen molar-refractivity contribution in [1.29, 1.82) is 0 Å². The molecule has 4 aliphatic carbocycles. The van der Waals surface area contributed by atoms with E-state index in [0.717, 1.165) is 35.5 Å². The molecule has 7 atom stereocenters. The quantitative estimate of drug-likeness (QED) is 0.411. The minimum absolute atomic E-state index is 0.277. The Morgan fingerprint density at radius 1 is 1.00 bits per heavy atom. The Morgan fingerprint density at radius 3 is 2.60 bits per heavy atom. The third kappa shape index (κ3) is 3.47. The Balaban J connectivity index is 1.29. The highest BCUT2D eigenvalue weighted by Gasteiger charge is 2.58. The molecule has 1 nitrogen and oxygen atoms in total. The molecular formula is C34H47N. The lowest BCUT2D eigenvalue weighted by Crippen LogP contribution is -2.49. The van der Waals surface area contributed by atoms with Crippen molar-refractivity contribution in [2.24, 2.45) is 53.4 Å². The van der Waals surface area contributed by atoms with E-state index in [1.807, 2.05) is 0 Å². The number of hydrogen-bond acceptors (Lipinski definition) is 0. The van der Waals surface area contributed by atoms with Crippen LogP contribution in [-0.4, -0.2) is 4.57 Å². The van der Waals surface area contributed by atoms with Crippen LogP contribution in [0.15, 0.2) is 42.0 Å². The van der Waals surface area contributed by atoms with Gasteiger partial charge in [-0.2, -0.15) is 0 Å². The van der Waals surface area contributed by atoms with Crippen molar-refractivity contribution in [3.05, 3.63) is 53.2 Å². The minimum Gasteiger partial charge on any atom is -0.344 e. The lowest BCUT2D eigenvalue weighted by atomic mass is 9.48. The summed E-state index contributed by atoms with van der Waals surface area (Å²) in [6.45, 7) is 12.7. The van der Waals surface area contributed by atoms with Crippen LogP contribution in [0.1, 0.15) is 90.8 Å². The number of aryl methyl sites for hydroxylation is 1. The monoisotopic (exact) mass is 469 g/mol. The maximum Gasteiger partial charge on any atom is 0.0485 e. The molecule has 7 unspecified atom stereocenters. The summed E-state index contributed by atoms with van der Waals surface area (Å²) in [5, 5.41) is 1.48. The molecular weight excluding hydrogens is 422 g/mol. The summed E-state index contributed by atoms with van der Waals surface area (Å²) in [4.78, 5) is 0. The highest BCUT2D eigenvalue weighted by molar-refractivity contribution is 5.89. The molecule has 1 aromatic carbocycles. The second-order valence-electron chi connectivity index (χ2n) is 13.8. The van der Waals surface area contributed by atoms with Gasteiger partial charge in [0.15, 0.2) is 0 Å². The van der Waals surface area contributed by atoms with Gasteiger partial charge in [-0.25, -0.2) is 0 Å². The van der Waals surface area contributed by atoms with E-state index in [4.69, 9.17) is 0 Å². The summed E-state index contributed by atoms with van der Waals surface area (Å²) in [7, 11) is 2.25. The van der Waals surface area contributed by atoms with E-state index in [0.29, 0.717) is 5.41 Å². The van der Waals surface area contributed by atoms with E-state index >= 15 is 0 Å². The first-order valence-electron chi connectivity index (χ1n) is 14.7. The maximum absolute atomic E-state index is 2.70. The van der Waals surface area contributed by atoms with Crippen LogP contribution in [0.2, 0.25) is 0 Å². The van der Waals surface area contributed by atoms with Gasteiger partial charge in [-0.1, -0.05) is 84.2 Å². The summed E-state index contributed by atoms with van der Waals surface area (Å²) >= 11 is 0. The second-order valence-corrected chi connectivity index (χ2v) is 13.8. The van der Waals surface area contributed by atoms with E-state index in [1.165, 1.54) is 68.0 Å². The molecule has 6 rings (SSSR count). The standard InChI is InChI=1S/C34H47N/c1-22(2)10-9-11-23(3)28-16-17-29-26-15-14-24-20-32-27(25-12-7-8-13-31(25)35(32)6)21-34(24,5)30(26)18-19-33(28,29)4/h7-8,12-15,20,22-23,26,28-30H,9-11,16-19,21H2,1-6H3. The molecule has 2 aromatic rings. The van der Waals surface area contributed by atoms with Gasteiger partial charge in [0.2, 0.25) is 0 Å². The van der Waals surface area contributed by atoms with Gasteiger partial charge in [0.05, 0.1) is 0 Å². The molecule has 0 aliphatic heterocycles. The molecule has 4 aliphatic rings. The Bertz CT molecular complexity index is 1180. The average molecular weight is 470 g/mol. The second kappa shape index (κ2) is 8.39. The summed E-state index contributed by atoms with van der Waals surface area (Å²) in [6, 6.07) is 9.06. The SMILES string of the molecule is CC(C)CCCC(C)C1CCC2C3C=CC4=Cc5c(c6ccccc6n5C)CC4(C)C3CCC12C. The van der Waals surface area contributed by atoms with E-state index in [2.05, 4.69) is 88.7 Å². The van der Waals surface area contributed by atoms with Crippen LogP contribution < -0.4 is 0 Å². The van der Waals surface area contributed by atoms with E-state index in [-0.39, 0.29) is 5.41 Å². The van der Waals surface area contributed by atoms with Gasteiger partial charge in [0.25, 0.3) is 0 Å². The topological polar surface area (TPSA) is 4.93 Å². The van der Waals surface area contributed by atoms with E-state index < -0.39 is 0 Å². The molecule has 0 N–H and O–H groups in total. The van der Waals surface area contributed by atoms with Crippen LogP contribution in [0.4, 0.5) is 0 Å². The predicted octanol–water partition coefficient (Wildman–Crippen LogP) is 9.22. The van der Waals surface area contributed by atoms with Gasteiger partial charge < -0.3 is 4.57 Å². The van der Waals surface area contributed by atoms with Crippen LogP contribution in [-0.2, 0) is 13.5 Å². The fourth-order valence-corrected chi connectivity index (χ4v) is 9.67. The molecule has 188 valence electrons. The van der Waals surface area contributed by atoms with Crippen LogP contribution in [0.5, 0.6) is 0 Å². The lowest BCUT2D eigenvalue weighted by Gasteiger charge is -2.56. The molecule has 1 heteroatoms. The van der Waals surface area contributed by atoms with Crippen molar-refractivity contribution in [1.82, 2.24) is 4.57 Å². The number of benzene rings is 1. The highest BCUT2D eigenvalue weighted by Crippen LogP contribution is 2.66. The smallest absolute Gasteiger partial charge is 0.0485 e. The van der Waals surface area contributed by atoms with Crippen LogP contribution in [0.3, 0.4) is 0 Å². The first-order chi connectivity index (χ1) is 16.7. The van der Waals surface area contributed by atoms with Crippen molar-refractivity contribution in [2.75, 3.05) is 0 Å². The highest BCUT2D eigenvalue weighted by atomic mass is 14.9. The summed E-state index contributed by atoms with van der Waals surface area (Å²) < 4.78 is 2.43. The van der Waals surface area contributed by atoms with Gasteiger partial charge >= 0.3 is 0 Å². The molecule has 2 saturated carbocycles. The number of nitrogens with zero attached hydrogens (tertiary/aromatic N) is 1. The summed E-state index contributed by atoms with van der Waals surface area (Å²) in [5.74, 6) is 5.08. The normalized spacial score (nSPS) is 36.5. The Hall–Kier alpha value is -1.76. The molecule has 0 bridgehead atoms. The lowest BCUT2D eigenvalue weighted by molar-refractivity contribution is -0.0226. The number of aromatic nitrogens is 1. The number of fused-ring (bicyclic) bond motifs is 8. The zero-order chi connectivity index (χ0) is 24.5. The van der Waals surface area contributed by atoms with Crippen LogP contribution in [0.25, 0.3) is 17.0 Å². The van der Waals surface area contributed by atoms with Gasteiger partial charge in [-0.15, -0.1) is 0 Å². The van der Waals surface area contributed by atoms with Crippen molar-refractivity contribution >= 4 is 17.0 Å². The molecule has 0 radical (unpaired) electrons. The van der Waals surface area contributed by atoms with Gasteiger partial charge in [0.1, 0.15) is 0 Å². The molecule has 2 fully saturated rings. The molecule has 0 spiro atoms. The Morgan fingerprint density at radius 2 is 1.80 bits per heavy atom. The third-order valence-corrected chi connectivity index (χ3v) is 11.6. The third-order valence-electron chi connectivity index (χ3n) is 11.6. The van der Waals surface area contributed by atoms with Crippen molar-refractivity contribution in [2.45, 2.75) is 86.0 Å². The number of rotatable bonds is 5. The van der Waals surface area contributed by atoms with Crippen LogP contribution in [0, 0.1) is 46.3 Å². The summed E-state index contributed by atoms with van der Waals surface area (Å²) in [6.07, 6.45) is 19.0. The van der Waals surface area contributed by atoms with Crippen molar-refractivity contribution in [3.63, 3.8) is 0 Å². The fraction of sp³-hybridized carbons (Fsp3) is 0.647. The first kappa shape index (κ1) is 23.6. The van der Waals surface area contributed by atoms with Crippen molar-refractivity contribution in [3.8, 4) is 0 Å². The zero-order valence-electron chi connectivity index (χ0n) is 23.1. The number of hydrogen-bond donors (Lipinski definition) is 0. The van der Waals surface area contributed by atoms with E-state index in [1.54, 1.807) is 11.1 Å². The van der Waals surface area contributed by atoms with Crippen molar-refractivity contribution < 1.29 is 0 Å². The molecule has 0 amide bonds. The van der Waals surface area contributed by atoms with E-state index in [9.17, 15) is 0 Å². The Kier molecular flexibility index (Phi) is 5.66. The fourth-order valence-electron chi connectivity index (χ4n) is 9.67. The van der Waals surface area contributed by atoms with Crippen LogP contribution >= 0.6 is 0 Å². The molecule has 1 aromatic heterocycles. The van der Waals surface area contributed by atoms with Gasteiger partial charge in [-0.05, 0) is 96.3 Å².